The van der Waals surface area contributed by atoms with Crippen molar-refractivity contribution >= 4 is 23.2 Å². The van der Waals surface area contributed by atoms with E-state index in [0.717, 1.165) is 6.07 Å². The number of ether oxygens (including phenoxy) is 4. The number of alkyl halides is 3. The number of anilines is 2. The molecule has 0 aliphatic rings. The number of hydrogen-bond acceptors (Lipinski definition) is 9. The number of rotatable bonds is 11. The van der Waals surface area contributed by atoms with Crippen molar-refractivity contribution in [1.82, 2.24) is 24.9 Å². The molecule has 2 amide bonds. The monoisotopic (exact) mass is 651 g/mol. The maximum atomic E-state index is 13.5. The van der Waals surface area contributed by atoms with E-state index in [1.165, 1.54) is 32.0 Å². The van der Waals surface area contributed by atoms with Crippen LogP contribution >= 0.6 is 0 Å². The van der Waals surface area contributed by atoms with E-state index in [1.54, 1.807) is 55.5 Å². The van der Waals surface area contributed by atoms with E-state index in [9.17, 15) is 18.0 Å². The van der Waals surface area contributed by atoms with Gasteiger partial charge in [-0.2, -0.15) is 18.3 Å². The van der Waals surface area contributed by atoms with Crippen LogP contribution in [0.5, 0.6) is 23.0 Å². The second-order valence-electron chi connectivity index (χ2n) is 10.2. The zero-order valence-corrected chi connectivity index (χ0v) is 25.9. The zero-order chi connectivity index (χ0) is 33.7. The molecule has 2 aromatic carbocycles. The van der Waals surface area contributed by atoms with E-state index in [4.69, 9.17) is 24.7 Å². The summed E-state index contributed by atoms with van der Waals surface area (Å²) in [6.07, 6.45) is -2.88. The molecule has 3 aromatic heterocycles. The van der Waals surface area contributed by atoms with Crippen LogP contribution in [0.4, 0.5) is 29.5 Å². The van der Waals surface area contributed by atoms with E-state index in [0.29, 0.717) is 76.6 Å². The van der Waals surface area contributed by atoms with Crippen molar-refractivity contribution in [1.29, 1.82) is 0 Å². The molecule has 5 rings (SSSR count). The third kappa shape index (κ3) is 7.24. The van der Waals surface area contributed by atoms with Crippen molar-refractivity contribution in [3.8, 4) is 45.5 Å². The molecule has 0 atom stereocenters. The number of carbonyl (C=O) groups is 1. The van der Waals surface area contributed by atoms with E-state index >= 15 is 0 Å². The van der Waals surface area contributed by atoms with Gasteiger partial charge < -0.3 is 35.3 Å². The Kier molecular flexibility index (Phi) is 9.54. The molecule has 246 valence electrons. The van der Waals surface area contributed by atoms with Crippen LogP contribution in [0, 0.1) is 6.92 Å². The zero-order valence-electron chi connectivity index (χ0n) is 25.9. The molecule has 0 radical (unpaired) electrons. The van der Waals surface area contributed by atoms with Gasteiger partial charge in [-0.05, 0) is 61.9 Å². The fourth-order valence-electron chi connectivity index (χ4n) is 4.85. The Morgan fingerprint density at radius 3 is 2.36 bits per heavy atom. The number of fused-ring (bicyclic) bond motifs is 1. The Balaban J connectivity index is 1.24. The van der Waals surface area contributed by atoms with Crippen molar-refractivity contribution in [3.05, 3.63) is 72.1 Å². The van der Waals surface area contributed by atoms with Gasteiger partial charge in [0, 0.05) is 35.6 Å². The van der Waals surface area contributed by atoms with Crippen LogP contribution < -0.4 is 35.3 Å². The number of amides is 2. The molecule has 3 heterocycles. The van der Waals surface area contributed by atoms with Crippen molar-refractivity contribution in [3.63, 3.8) is 0 Å². The molecule has 12 nitrogen and oxygen atoms in total. The molecule has 0 fully saturated rings. The second kappa shape index (κ2) is 13.7. The third-order valence-corrected chi connectivity index (χ3v) is 7.11. The predicted octanol–water partition coefficient (Wildman–Crippen LogP) is 5.98. The number of methoxy groups -OCH3 is 3. The minimum absolute atomic E-state index is 0.176. The molecule has 47 heavy (non-hydrogen) atoms. The maximum absolute atomic E-state index is 13.5. The average molecular weight is 652 g/mol. The van der Waals surface area contributed by atoms with Gasteiger partial charge in [0.15, 0.2) is 28.6 Å². The van der Waals surface area contributed by atoms with Crippen LogP contribution in [-0.4, -0.2) is 60.1 Å². The smallest absolute Gasteiger partial charge is 0.419 e. The number of nitrogens with two attached hydrogens (primary N) is 1. The van der Waals surface area contributed by atoms with Crippen molar-refractivity contribution < 1.29 is 36.9 Å². The summed E-state index contributed by atoms with van der Waals surface area (Å²) in [6.45, 7) is 2.33. The number of halogens is 3. The predicted molar refractivity (Wildman–Crippen MR) is 169 cm³/mol. The van der Waals surface area contributed by atoms with E-state index in [1.807, 2.05) is 0 Å². The Bertz CT molecular complexity index is 1910. The summed E-state index contributed by atoms with van der Waals surface area (Å²) in [7, 11) is 4.55. The van der Waals surface area contributed by atoms with Crippen LogP contribution in [0.15, 0.2) is 60.8 Å². The number of nitrogens with zero attached hydrogens (tertiary/aromatic N) is 4. The number of aryl methyl sites for hydroxylation is 1. The maximum Gasteiger partial charge on any atom is 0.419 e. The first-order chi connectivity index (χ1) is 22.5. The van der Waals surface area contributed by atoms with Crippen LogP contribution in [0.3, 0.4) is 0 Å². The lowest BCUT2D eigenvalue weighted by molar-refractivity contribution is -0.137. The molecule has 0 bridgehead atoms. The van der Waals surface area contributed by atoms with Gasteiger partial charge in [-0.3, -0.25) is 0 Å². The van der Waals surface area contributed by atoms with Gasteiger partial charge in [-0.25, -0.2) is 19.3 Å². The summed E-state index contributed by atoms with van der Waals surface area (Å²) < 4.78 is 64.0. The number of pyridine rings is 1. The van der Waals surface area contributed by atoms with Gasteiger partial charge in [0.25, 0.3) is 0 Å². The molecule has 4 N–H and O–H groups in total. The number of urea groups is 1. The van der Waals surface area contributed by atoms with Gasteiger partial charge in [0.1, 0.15) is 5.82 Å². The first kappa shape index (κ1) is 32.7. The average Bonchev–Trinajstić information content (AvgIpc) is 3.39. The largest absolute Gasteiger partial charge is 0.493 e. The molecule has 0 unspecified atom stereocenters. The molecular weight excluding hydrogens is 619 g/mol. The first-order valence-electron chi connectivity index (χ1n) is 14.3. The molecule has 0 aliphatic carbocycles. The minimum Gasteiger partial charge on any atom is -0.493 e. The highest BCUT2D eigenvalue weighted by molar-refractivity contribution is 5.89. The number of benzene rings is 2. The summed E-state index contributed by atoms with van der Waals surface area (Å²) in [5.74, 6) is 1.37. The summed E-state index contributed by atoms with van der Waals surface area (Å²) in [6, 6.07) is 14.4. The molecule has 0 saturated heterocycles. The van der Waals surface area contributed by atoms with Crippen LogP contribution in [0.2, 0.25) is 0 Å². The fraction of sp³-hybridized carbons (Fsp3) is 0.250. The first-order valence-corrected chi connectivity index (χ1v) is 14.3. The number of imidazole rings is 1. The van der Waals surface area contributed by atoms with Gasteiger partial charge in [-0.1, -0.05) is 0 Å². The van der Waals surface area contributed by atoms with Crippen molar-refractivity contribution in [2.24, 2.45) is 0 Å². The second-order valence-corrected chi connectivity index (χ2v) is 10.2. The van der Waals surface area contributed by atoms with Gasteiger partial charge in [0.05, 0.1) is 50.6 Å². The molecular formula is C32H32F3N7O5. The number of hydrogen-bond donors (Lipinski definition) is 3. The summed E-state index contributed by atoms with van der Waals surface area (Å²) in [5, 5.41) is 10.2. The highest BCUT2D eigenvalue weighted by Crippen LogP contribution is 2.37. The summed E-state index contributed by atoms with van der Waals surface area (Å²) >= 11 is 0. The van der Waals surface area contributed by atoms with Crippen LogP contribution in [0.25, 0.3) is 28.2 Å². The van der Waals surface area contributed by atoms with E-state index in [2.05, 4.69) is 25.7 Å². The van der Waals surface area contributed by atoms with Crippen LogP contribution in [0.1, 0.15) is 17.7 Å². The van der Waals surface area contributed by atoms with Gasteiger partial charge in [0.2, 0.25) is 0 Å². The Hall–Kier alpha value is -5.73. The summed E-state index contributed by atoms with van der Waals surface area (Å²) in [4.78, 5) is 20.5. The lowest BCUT2D eigenvalue weighted by atomic mass is 10.1. The van der Waals surface area contributed by atoms with Gasteiger partial charge >= 0.3 is 12.2 Å². The lowest BCUT2D eigenvalue weighted by Crippen LogP contribution is -2.30. The highest BCUT2D eigenvalue weighted by atomic mass is 19.4. The van der Waals surface area contributed by atoms with Crippen molar-refractivity contribution in [2.45, 2.75) is 19.5 Å². The fourth-order valence-corrected chi connectivity index (χ4v) is 4.85. The SMILES string of the molecule is COc1ccc(NC(=O)NCCCOc2ccc(-c3ccc4nc(C)c(-c5cnc(N)c(C(F)(F)F)c5)n4n3)cc2OC)cc1OC. The quantitative estimate of drug-likeness (QED) is 0.147. The third-order valence-electron chi connectivity index (χ3n) is 7.11. The molecule has 0 spiro atoms. The van der Waals surface area contributed by atoms with Crippen LogP contribution in [-0.2, 0) is 6.18 Å². The molecule has 0 saturated carbocycles. The van der Waals surface area contributed by atoms with E-state index < -0.39 is 17.6 Å². The Morgan fingerprint density at radius 2 is 1.64 bits per heavy atom. The highest BCUT2D eigenvalue weighted by Gasteiger charge is 2.34. The number of nitrogens with one attached hydrogen (secondary N) is 2. The molecule has 5 aromatic rings. The van der Waals surface area contributed by atoms with E-state index in [-0.39, 0.29) is 11.6 Å². The minimum atomic E-state index is -4.67. The normalized spacial score (nSPS) is 11.3. The Morgan fingerprint density at radius 1 is 0.915 bits per heavy atom. The number of nitrogen functional groups attached to an aromatic ring is 1. The number of aromatic nitrogens is 4. The van der Waals surface area contributed by atoms with Gasteiger partial charge in [-0.15, -0.1) is 0 Å². The lowest BCUT2D eigenvalue weighted by Gasteiger charge is -2.13. The molecule has 0 aliphatic heterocycles. The van der Waals surface area contributed by atoms with Crippen molar-refractivity contribution in [2.75, 3.05) is 45.5 Å². The number of carbonyl (C=O) groups excluding carboxylic acids is 1. The Labute approximate surface area is 267 Å². The molecule has 15 heteroatoms. The summed E-state index contributed by atoms with van der Waals surface area (Å²) in [5.41, 5.74) is 7.67. The topological polar surface area (TPSA) is 147 Å². The standard InChI is InChI=1S/C32H32F3N7O5/c1-18-29(20-14-22(32(33,34)35)30(36)38-17-20)42-28(39-18)11-8-23(41-42)19-6-9-25(26(15-19)45-3)47-13-5-12-37-31(43)40-21-7-10-24(44-2)27(16-21)46-4/h6-11,14-17H,5,12-13H2,1-4H3,(H2,36,38)(H2,37,40,43).